The van der Waals surface area contributed by atoms with E-state index in [4.69, 9.17) is 9.16 Å². The summed E-state index contributed by atoms with van der Waals surface area (Å²) in [6.45, 7) is 10.5. The van der Waals surface area contributed by atoms with Crippen LogP contribution in [-0.4, -0.2) is 15.4 Å². The molecule has 0 spiro atoms. The smallest absolute Gasteiger partial charge is 0.250 e. The van der Waals surface area contributed by atoms with Gasteiger partial charge in [-0.15, -0.1) is 0 Å². The molecule has 17 heavy (non-hydrogen) atoms. The molecule has 0 atom stereocenters. The molecule has 0 aliphatic heterocycles. The minimum atomic E-state index is -2.01. The van der Waals surface area contributed by atoms with Gasteiger partial charge in [-0.3, -0.25) is 0 Å². The van der Waals surface area contributed by atoms with Crippen molar-refractivity contribution in [3.8, 4) is 11.5 Å². The molecule has 0 aliphatic carbocycles. The van der Waals surface area contributed by atoms with Gasteiger partial charge >= 0.3 is 0 Å². The Morgan fingerprint density at radius 1 is 1.18 bits per heavy atom. The van der Waals surface area contributed by atoms with Gasteiger partial charge in [-0.2, -0.15) is 0 Å². The van der Waals surface area contributed by atoms with Crippen LogP contribution in [0.3, 0.4) is 0 Å². The standard InChI is InChI=1S/C13H21FO2Si/c1-13(2,3)17(5,6)16-12-9-10(15-4)7-8-11(12)14/h7-9H,1-6H3. The topological polar surface area (TPSA) is 18.5 Å². The van der Waals surface area contributed by atoms with Gasteiger partial charge in [-0.05, 0) is 30.3 Å². The fourth-order valence-corrected chi connectivity index (χ4v) is 2.13. The molecule has 0 N–H and O–H groups in total. The first-order valence-electron chi connectivity index (χ1n) is 5.70. The quantitative estimate of drug-likeness (QED) is 0.754. The van der Waals surface area contributed by atoms with Gasteiger partial charge in [-0.25, -0.2) is 4.39 Å². The highest BCUT2D eigenvalue weighted by Gasteiger charge is 2.39. The summed E-state index contributed by atoms with van der Waals surface area (Å²) in [6.07, 6.45) is 0. The minimum Gasteiger partial charge on any atom is -0.541 e. The highest BCUT2D eigenvalue weighted by atomic mass is 28.4. The van der Waals surface area contributed by atoms with Crippen molar-refractivity contribution in [1.29, 1.82) is 0 Å². The molecule has 0 radical (unpaired) electrons. The molecule has 0 fully saturated rings. The highest BCUT2D eigenvalue weighted by Crippen LogP contribution is 2.38. The zero-order valence-electron chi connectivity index (χ0n) is 11.4. The van der Waals surface area contributed by atoms with Gasteiger partial charge < -0.3 is 9.16 Å². The zero-order valence-corrected chi connectivity index (χ0v) is 12.4. The first kappa shape index (κ1) is 14.0. The van der Waals surface area contributed by atoms with E-state index in [0.717, 1.165) is 0 Å². The Labute approximate surface area is 104 Å². The summed E-state index contributed by atoms with van der Waals surface area (Å²) in [5, 5.41) is 0.0442. The van der Waals surface area contributed by atoms with Crippen LogP contribution in [0.15, 0.2) is 18.2 Å². The lowest BCUT2D eigenvalue weighted by atomic mass is 10.2. The maximum Gasteiger partial charge on any atom is 0.250 e. The second-order valence-electron chi connectivity index (χ2n) is 5.66. The van der Waals surface area contributed by atoms with Crippen molar-refractivity contribution in [3.63, 3.8) is 0 Å². The Morgan fingerprint density at radius 3 is 2.24 bits per heavy atom. The van der Waals surface area contributed by atoms with Crippen LogP contribution in [0.2, 0.25) is 18.1 Å². The summed E-state index contributed by atoms with van der Waals surface area (Å²) in [5.74, 6) is 0.562. The van der Waals surface area contributed by atoms with Crippen molar-refractivity contribution in [3.05, 3.63) is 24.0 Å². The van der Waals surface area contributed by atoms with Crippen molar-refractivity contribution in [1.82, 2.24) is 0 Å². The predicted octanol–water partition coefficient (Wildman–Crippen LogP) is 4.22. The summed E-state index contributed by atoms with van der Waals surface area (Å²) < 4.78 is 24.7. The highest BCUT2D eigenvalue weighted by molar-refractivity contribution is 6.74. The van der Waals surface area contributed by atoms with E-state index >= 15 is 0 Å². The van der Waals surface area contributed by atoms with Crippen LogP contribution < -0.4 is 9.16 Å². The third-order valence-corrected chi connectivity index (χ3v) is 7.65. The molecule has 4 heteroatoms. The SMILES string of the molecule is COc1ccc(F)c(O[Si](C)(C)C(C)(C)C)c1. The summed E-state index contributed by atoms with van der Waals surface area (Å²) in [5.41, 5.74) is 0. The normalized spacial score (nSPS) is 12.4. The maximum absolute atomic E-state index is 13.7. The molecule has 0 saturated heterocycles. The molecular weight excluding hydrogens is 235 g/mol. The summed E-state index contributed by atoms with van der Waals surface area (Å²) in [6, 6.07) is 4.57. The molecule has 0 bridgehead atoms. The minimum absolute atomic E-state index is 0.0442. The predicted molar refractivity (Wildman–Crippen MR) is 70.8 cm³/mol. The van der Waals surface area contributed by atoms with E-state index in [2.05, 4.69) is 33.9 Å². The third-order valence-electron chi connectivity index (χ3n) is 3.31. The number of hydrogen-bond acceptors (Lipinski definition) is 2. The Morgan fingerprint density at radius 2 is 1.76 bits per heavy atom. The summed E-state index contributed by atoms with van der Waals surface area (Å²) >= 11 is 0. The van der Waals surface area contributed by atoms with E-state index in [1.54, 1.807) is 19.2 Å². The molecule has 1 aromatic carbocycles. The molecule has 0 amide bonds. The Balaban J connectivity index is 3.02. The van der Waals surface area contributed by atoms with Crippen LogP contribution in [0.4, 0.5) is 4.39 Å². The monoisotopic (exact) mass is 256 g/mol. The second kappa shape index (κ2) is 4.68. The van der Waals surface area contributed by atoms with Gasteiger partial charge in [0.15, 0.2) is 5.82 Å². The van der Waals surface area contributed by atoms with Crippen LogP contribution in [0.5, 0.6) is 11.5 Å². The van der Waals surface area contributed by atoms with E-state index in [-0.39, 0.29) is 16.6 Å². The number of ether oxygens (including phenoxy) is 1. The molecule has 0 aromatic heterocycles. The Hall–Kier alpha value is -1.03. The van der Waals surface area contributed by atoms with Crippen molar-refractivity contribution in [2.45, 2.75) is 38.9 Å². The Kier molecular flexibility index (Phi) is 3.87. The number of rotatable bonds is 3. The maximum atomic E-state index is 13.7. The average Bonchev–Trinajstić information content (AvgIpc) is 2.19. The van der Waals surface area contributed by atoms with E-state index in [9.17, 15) is 4.39 Å². The Bertz CT molecular complexity index is 397. The van der Waals surface area contributed by atoms with Crippen LogP contribution in [-0.2, 0) is 0 Å². The van der Waals surface area contributed by atoms with E-state index < -0.39 is 8.32 Å². The lowest BCUT2D eigenvalue weighted by molar-refractivity contribution is 0.405. The number of halogens is 1. The van der Waals surface area contributed by atoms with Crippen molar-refractivity contribution in [2.24, 2.45) is 0 Å². The van der Waals surface area contributed by atoms with Crippen LogP contribution in [0, 0.1) is 5.82 Å². The summed E-state index contributed by atoms with van der Waals surface area (Å²) in [4.78, 5) is 0. The second-order valence-corrected chi connectivity index (χ2v) is 10.4. The van der Waals surface area contributed by atoms with Crippen molar-refractivity contribution in [2.75, 3.05) is 7.11 Å². The molecule has 2 nitrogen and oxygen atoms in total. The number of hydrogen-bond donors (Lipinski definition) is 0. The lowest BCUT2D eigenvalue weighted by Gasteiger charge is -2.36. The van der Waals surface area contributed by atoms with Gasteiger partial charge in [0, 0.05) is 6.07 Å². The molecule has 0 heterocycles. The third kappa shape index (κ3) is 3.22. The van der Waals surface area contributed by atoms with Gasteiger partial charge in [0.25, 0.3) is 8.32 Å². The first-order valence-corrected chi connectivity index (χ1v) is 8.61. The lowest BCUT2D eigenvalue weighted by Crippen LogP contribution is -2.44. The van der Waals surface area contributed by atoms with Gasteiger partial charge in [0.1, 0.15) is 11.5 Å². The molecule has 0 aliphatic rings. The van der Waals surface area contributed by atoms with Crippen molar-refractivity contribution >= 4 is 8.32 Å². The van der Waals surface area contributed by atoms with Gasteiger partial charge in [-0.1, -0.05) is 20.8 Å². The molecule has 1 aromatic rings. The molecule has 0 unspecified atom stereocenters. The molecule has 0 saturated carbocycles. The van der Waals surface area contributed by atoms with Gasteiger partial charge in [0.2, 0.25) is 0 Å². The van der Waals surface area contributed by atoms with Crippen LogP contribution in [0.1, 0.15) is 20.8 Å². The van der Waals surface area contributed by atoms with E-state index in [0.29, 0.717) is 5.75 Å². The van der Waals surface area contributed by atoms with Gasteiger partial charge in [0.05, 0.1) is 7.11 Å². The van der Waals surface area contributed by atoms with Crippen molar-refractivity contribution < 1.29 is 13.6 Å². The fraction of sp³-hybridized carbons (Fsp3) is 0.538. The summed E-state index contributed by atoms with van der Waals surface area (Å²) in [7, 11) is -0.449. The number of benzene rings is 1. The fourth-order valence-electron chi connectivity index (χ4n) is 1.12. The van der Waals surface area contributed by atoms with E-state index in [1.165, 1.54) is 6.07 Å². The van der Waals surface area contributed by atoms with E-state index in [1.807, 2.05) is 0 Å². The van der Waals surface area contributed by atoms with Crippen LogP contribution in [0.25, 0.3) is 0 Å². The van der Waals surface area contributed by atoms with Crippen LogP contribution >= 0.6 is 0 Å². The largest absolute Gasteiger partial charge is 0.541 e. The molecule has 96 valence electrons. The average molecular weight is 256 g/mol. The number of methoxy groups -OCH3 is 1. The zero-order chi connectivity index (χ0) is 13.3. The first-order chi connectivity index (χ1) is 7.67. The molecular formula is C13H21FO2Si. The molecule has 1 rings (SSSR count).